The standard InChI is InChI=1S/C10H13F3/c1-4-6-7-8(3)9(5-2)10(11,12)13/h4-6H,2,7H2,1,3H3/b6-4-,9-8+. The summed E-state index contributed by atoms with van der Waals surface area (Å²) in [5.74, 6) is 0. The van der Waals surface area contributed by atoms with Crippen LogP contribution in [-0.4, -0.2) is 6.18 Å². The Morgan fingerprint density at radius 1 is 1.38 bits per heavy atom. The Labute approximate surface area is 76.5 Å². The summed E-state index contributed by atoms with van der Waals surface area (Å²) in [6.45, 7) is 6.39. The second-order valence-electron chi connectivity index (χ2n) is 2.67. The third-order valence-corrected chi connectivity index (χ3v) is 1.63. The Balaban J connectivity index is 4.80. The van der Waals surface area contributed by atoms with E-state index in [1.54, 1.807) is 19.1 Å². The number of alkyl halides is 3. The molecular weight excluding hydrogens is 177 g/mol. The normalized spacial score (nSPS) is 14.5. The van der Waals surface area contributed by atoms with Crippen molar-refractivity contribution in [2.75, 3.05) is 0 Å². The monoisotopic (exact) mass is 190 g/mol. The van der Waals surface area contributed by atoms with Crippen molar-refractivity contribution < 1.29 is 13.2 Å². The Kier molecular flexibility index (Phi) is 4.52. The van der Waals surface area contributed by atoms with Crippen LogP contribution in [0.4, 0.5) is 13.2 Å². The average Bonchev–Trinajstić information content (AvgIpc) is 1.99. The van der Waals surface area contributed by atoms with Crippen molar-refractivity contribution in [3.63, 3.8) is 0 Å². The van der Waals surface area contributed by atoms with E-state index in [4.69, 9.17) is 0 Å². The van der Waals surface area contributed by atoms with Gasteiger partial charge in [-0.15, -0.1) is 0 Å². The van der Waals surface area contributed by atoms with E-state index in [-0.39, 0.29) is 0 Å². The van der Waals surface area contributed by atoms with Crippen LogP contribution in [0.1, 0.15) is 20.3 Å². The zero-order valence-electron chi connectivity index (χ0n) is 7.78. The fourth-order valence-corrected chi connectivity index (χ4v) is 0.937. The minimum Gasteiger partial charge on any atom is -0.166 e. The van der Waals surface area contributed by atoms with Crippen molar-refractivity contribution in [1.29, 1.82) is 0 Å². The first-order valence-electron chi connectivity index (χ1n) is 3.94. The van der Waals surface area contributed by atoms with Crippen molar-refractivity contribution in [1.82, 2.24) is 0 Å². The van der Waals surface area contributed by atoms with Crippen LogP contribution in [0.15, 0.2) is 36.0 Å². The number of hydrogen-bond donors (Lipinski definition) is 0. The number of hydrogen-bond acceptors (Lipinski definition) is 0. The second-order valence-corrected chi connectivity index (χ2v) is 2.67. The third-order valence-electron chi connectivity index (χ3n) is 1.63. The highest BCUT2D eigenvalue weighted by Crippen LogP contribution is 2.29. The van der Waals surface area contributed by atoms with Crippen molar-refractivity contribution >= 4 is 0 Å². The minimum atomic E-state index is -4.28. The van der Waals surface area contributed by atoms with Gasteiger partial charge in [0, 0.05) is 0 Å². The second kappa shape index (κ2) is 4.90. The Hall–Kier alpha value is -0.990. The summed E-state index contributed by atoms with van der Waals surface area (Å²) in [6.07, 6.45) is 0.300. The average molecular weight is 190 g/mol. The fraction of sp³-hybridized carbons (Fsp3) is 0.400. The van der Waals surface area contributed by atoms with E-state index in [9.17, 15) is 13.2 Å². The molecule has 0 heterocycles. The van der Waals surface area contributed by atoms with E-state index in [2.05, 4.69) is 6.58 Å². The molecule has 0 aliphatic carbocycles. The van der Waals surface area contributed by atoms with Gasteiger partial charge in [-0.3, -0.25) is 0 Å². The maximum atomic E-state index is 12.2. The molecular formula is C10H13F3. The van der Waals surface area contributed by atoms with Gasteiger partial charge in [-0.1, -0.05) is 30.4 Å². The van der Waals surface area contributed by atoms with E-state index >= 15 is 0 Å². The first-order chi connectivity index (χ1) is 5.93. The molecule has 0 aromatic carbocycles. The molecule has 0 aromatic heterocycles. The molecule has 0 aliphatic heterocycles. The first-order valence-corrected chi connectivity index (χ1v) is 3.94. The number of rotatable bonds is 3. The maximum absolute atomic E-state index is 12.2. The van der Waals surface area contributed by atoms with Crippen LogP contribution < -0.4 is 0 Å². The highest BCUT2D eigenvalue weighted by atomic mass is 19.4. The predicted molar refractivity (Wildman–Crippen MR) is 48.4 cm³/mol. The van der Waals surface area contributed by atoms with Gasteiger partial charge in [0.25, 0.3) is 0 Å². The summed E-state index contributed by atoms with van der Waals surface area (Å²) < 4.78 is 36.7. The van der Waals surface area contributed by atoms with Gasteiger partial charge in [0.2, 0.25) is 0 Å². The molecule has 13 heavy (non-hydrogen) atoms. The van der Waals surface area contributed by atoms with Gasteiger partial charge in [0.1, 0.15) is 0 Å². The summed E-state index contributed by atoms with van der Waals surface area (Å²) in [6, 6.07) is 0. The van der Waals surface area contributed by atoms with E-state index < -0.39 is 11.7 Å². The molecule has 0 radical (unpaired) electrons. The highest BCUT2D eigenvalue weighted by molar-refractivity contribution is 5.28. The quantitative estimate of drug-likeness (QED) is 0.465. The lowest BCUT2D eigenvalue weighted by Crippen LogP contribution is -2.11. The van der Waals surface area contributed by atoms with Crippen LogP contribution in [-0.2, 0) is 0 Å². The topological polar surface area (TPSA) is 0 Å². The number of halogens is 3. The fourth-order valence-electron chi connectivity index (χ4n) is 0.937. The molecule has 0 aromatic rings. The summed E-state index contributed by atoms with van der Waals surface area (Å²) >= 11 is 0. The molecule has 0 N–H and O–H groups in total. The number of allylic oxidation sites excluding steroid dienone is 5. The van der Waals surface area contributed by atoms with E-state index in [0.717, 1.165) is 6.08 Å². The molecule has 0 atom stereocenters. The van der Waals surface area contributed by atoms with Crippen molar-refractivity contribution in [2.24, 2.45) is 0 Å². The molecule has 74 valence electrons. The van der Waals surface area contributed by atoms with E-state index in [1.807, 2.05) is 0 Å². The summed E-state index contributed by atoms with van der Waals surface area (Å²) in [7, 11) is 0. The van der Waals surface area contributed by atoms with Gasteiger partial charge >= 0.3 is 6.18 Å². The van der Waals surface area contributed by atoms with Gasteiger partial charge in [0.05, 0.1) is 5.57 Å². The van der Waals surface area contributed by atoms with Crippen LogP contribution in [0, 0.1) is 0 Å². The molecule has 0 amide bonds. The molecule has 0 spiro atoms. The van der Waals surface area contributed by atoms with E-state index in [1.165, 1.54) is 6.92 Å². The first kappa shape index (κ1) is 12.0. The third kappa shape index (κ3) is 3.97. The molecule has 0 aliphatic rings. The molecule has 0 unspecified atom stereocenters. The predicted octanol–water partition coefficient (Wildman–Crippen LogP) is 4.02. The van der Waals surface area contributed by atoms with Gasteiger partial charge < -0.3 is 0 Å². The molecule has 3 heteroatoms. The smallest absolute Gasteiger partial charge is 0.166 e. The van der Waals surface area contributed by atoms with Crippen LogP contribution >= 0.6 is 0 Å². The maximum Gasteiger partial charge on any atom is 0.416 e. The van der Waals surface area contributed by atoms with Crippen LogP contribution in [0.2, 0.25) is 0 Å². The summed E-state index contributed by atoms with van der Waals surface area (Å²) in [5, 5.41) is 0. The van der Waals surface area contributed by atoms with Gasteiger partial charge in [-0.25, -0.2) is 0 Å². The molecule has 0 fully saturated rings. The van der Waals surface area contributed by atoms with E-state index in [0.29, 0.717) is 12.0 Å². The van der Waals surface area contributed by atoms with Crippen LogP contribution in [0.3, 0.4) is 0 Å². The van der Waals surface area contributed by atoms with Crippen molar-refractivity contribution in [3.05, 3.63) is 36.0 Å². The van der Waals surface area contributed by atoms with Crippen LogP contribution in [0.5, 0.6) is 0 Å². The molecule has 0 nitrogen and oxygen atoms in total. The van der Waals surface area contributed by atoms with Crippen molar-refractivity contribution in [3.8, 4) is 0 Å². The Morgan fingerprint density at radius 2 is 1.92 bits per heavy atom. The van der Waals surface area contributed by atoms with Gasteiger partial charge in [-0.2, -0.15) is 13.2 Å². The molecule has 0 rings (SSSR count). The molecule has 0 saturated carbocycles. The zero-order chi connectivity index (χ0) is 10.5. The lowest BCUT2D eigenvalue weighted by atomic mass is 10.1. The zero-order valence-corrected chi connectivity index (χ0v) is 7.78. The van der Waals surface area contributed by atoms with Gasteiger partial charge in [-0.05, 0) is 20.3 Å². The summed E-state index contributed by atoms with van der Waals surface area (Å²) in [5.41, 5.74) is -0.341. The summed E-state index contributed by atoms with van der Waals surface area (Å²) in [4.78, 5) is 0. The Morgan fingerprint density at radius 3 is 2.23 bits per heavy atom. The lowest BCUT2D eigenvalue weighted by molar-refractivity contribution is -0.0890. The Bertz CT molecular complexity index is 231. The SMILES string of the molecule is C=C/C(=C(/C)C/C=C\C)C(F)(F)F. The minimum absolute atomic E-state index is 0.292. The molecule has 0 saturated heterocycles. The largest absolute Gasteiger partial charge is 0.416 e. The van der Waals surface area contributed by atoms with Gasteiger partial charge in [0.15, 0.2) is 0 Å². The van der Waals surface area contributed by atoms with Crippen LogP contribution in [0.25, 0.3) is 0 Å². The van der Waals surface area contributed by atoms with Crippen molar-refractivity contribution in [2.45, 2.75) is 26.4 Å². The highest BCUT2D eigenvalue weighted by Gasteiger charge is 2.32. The lowest BCUT2D eigenvalue weighted by Gasteiger charge is -2.10. The molecule has 0 bridgehead atoms.